The van der Waals surface area contributed by atoms with Crippen molar-refractivity contribution in [3.05, 3.63) is 66.2 Å². The van der Waals surface area contributed by atoms with E-state index in [2.05, 4.69) is 9.71 Å². The van der Waals surface area contributed by atoms with Crippen LogP contribution in [-0.4, -0.2) is 20.3 Å². The molecule has 1 fully saturated rings. The van der Waals surface area contributed by atoms with Crippen molar-refractivity contribution in [2.24, 2.45) is 0 Å². The van der Waals surface area contributed by atoms with Crippen molar-refractivity contribution < 1.29 is 13.4 Å². The first kappa shape index (κ1) is 16.7. The maximum Gasteiger partial charge on any atom is 0.328 e. The first-order valence-electron chi connectivity index (χ1n) is 8.42. The summed E-state index contributed by atoms with van der Waals surface area (Å²) in [5.74, 6) is 0.561. The fourth-order valence-electron chi connectivity index (χ4n) is 3.02. The number of nitrogens with one attached hydrogen (secondary N) is 2. The molecule has 0 spiro atoms. The Morgan fingerprint density at radius 3 is 2.08 bits per heavy atom. The van der Waals surface area contributed by atoms with Crippen LogP contribution in [0, 0.1) is 0 Å². The number of amidine groups is 1. The number of benzene rings is 2. The molecule has 0 aromatic heterocycles. The molecule has 2 N–H and O–H groups in total. The summed E-state index contributed by atoms with van der Waals surface area (Å²) in [6.07, 6.45) is 5.78. The van der Waals surface area contributed by atoms with Crippen LogP contribution < -0.4 is 9.71 Å². The molecule has 126 valence electrons. The third-order valence-electron chi connectivity index (χ3n) is 4.31. The minimum absolute atomic E-state index is 0.267. The molecule has 0 bridgehead atoms. The molecule has 24 heavy (non-hydrogen) atoms. The molecule has 1 aliphatic carbocycles. The van der Waals surface area contributed by atoms with E-state index >= 15 is 0 Å². The van der Waals surface area contributed by atoms with Gasteiger partial charge in [0.2, 0.25) is 0 Å². The summed E-state index contributed by atoms with van der Waals surface area (Å²) < 4.78 is 28.1. The van der Waals surface area contributed by atoms with Crippen LogP contribution in [0.4, 0.5) is 0 Å². The van der Waals surface area contributed by atoms with Crippen LogP contribution in [0.3, 0.4) is 0 Å². The quantitative estimate of drug-likeness (QED) is 0.657. The van der Waals surface area contributed by atoms with Gasteiger partial charge in [-0.2, -0.15) is 13.1 Å². The molecular weight excluding hydrogens is 320 g/mol. The van der Waals surface area contributed by atoms with Crippen molar-refractivity contribution >= 4 is 15.9 Å². The molecule has 0 saturated heterocycles. The fraction of sp³-hybridized carbons (Fsp3) is 0.316. The lowest BCUT2D eigenvalue weighted by atomic mass is 9.96. The highest BCUT2D eigenvalue weighted by atomic mass is 32.2. The van der Waals surface area contributed by atoms with Gasteiger partial charge in [0, 0.05) is 0 Å². The van der Waals surface area contributed by atoms with Gasteiger partial charge in [0.15, 0.2) is 0 Å². The summed E-state index contributed by atoms with van der Waals surface area (Å²) in [7, 11) is -3.61. The Bertz CT molecular complexity index is 781. The molecule has 0 aliphatic heterocycles. The third-order valence-corrected chi connectivity index (χ3v) is 5.67. The van der Waals surface area contributed by atoms with Gasteiger partial charge < -0.3 is 0 Å². The van der Waals surface area contributed by atoms with Crippen molar-refractivity contribution in [2.75, 3.05) is 0 Å². The molecule has 2 aromatic rings. The van der Waals surface area contributed by atoms with Gasteiger partial charge in [0.05, 0.1) is 11.6 Å². The molecule has 4 nitrogen and oxygen atoms in total. The average Bonchev–Trinajstić information content (AvgIpc) is 2.63. The van der Waals surface area contributed by atoms with Gasteiger partial charge in [0.25, 0.3) is 5.84 Å². The second-order valence-corrected chi connectivity index (χ2v) is 7.82. The van der Waals surface area contributed by atoms with E-state index in [9.17, 15) is 8.42 Å². The van der Waals surface area contributed by atoms with Crippen LogP contribution in [0.2, 0.25) is 0 Å². The minimum Gasteiger partial charge on any atom is -0.271 e. The molecule has 2 aromatic carbocycles. The van der Waals surface area contributed by atoms with Crippen LogP contribution >= 0.6 is 0 Å². The second-order valence-electron chi connectivity index (χ2n) is 6.14. The predicted molar refractivity (Wildman–Crippen MR) is 95.2 cm³/mol. The van der Waals surface area contributed by atoms with Gasteiger partial charge in [0.1, 0.15) is 4.90 Å². The van der Waals surface area contributed by atoms with Crippen molar-refractivity contribution in [1.82, 2.24) is 4.72 Å². The van der Waals surface area contributed by atoms with Gasteiger partial charge in [-0.3, -0.25) is 4.99 Å². The maximum atomic E-state index is 12.7. The monoisotopic (exact) mass is 343 g/mol. The molecule has 5 heteroatoms. The lowest BCUT2D eigenvalue weighted by molar-refractivity contribution is -0.508. The van der Waals surface area contributed by atoms with Crippen LogP contribution in [0.25, 0.3) is 0 Å². The number of rotatable bonds is 4. The predicted octanol–water partition coefficient (Wildman–Crippen LogP) is 1.82. The lowest BCUT2D eigenvalue weighted by Gasteiger charge is -2.17. The molecule has 0 unspecified atom stereocenters. The van der Waals surface area contributed by atoms with Gasteiger partial charge in [-0.25, -0.2) is 0 Å². The highest BCUT2D eigenvalue weighted by molar-refractivity contribution is 7.90. The van der Waals surface area contributed by atoms with Crippen molar-refractivity contribution in [2.45, 2.75) is 43.0 Å². The van der Waals surface area contributed by atoms with E-state index in [0.717, 1.165) is 18.4 Å². The van der Waals surface area contributed by atoms with E-state index in [-0.39, 0.29) is 4.90 Å². The van der Waals surface area contributed by atoms with Crippen LogP contribution in [0.15, 0.2) is 65.6 Å². The molecule has 1 saturated carbocycles. The lowest BCUT2D eigenvalue weighted by Crippen LogP contribution is -2.82. The normalized spacial score (nSPS) is 16.8. The fourth-order valence-corrected chi connectivity index (χ4v) is 4.10. The van der Waals surface area contributed by atoms with Crippen LogP contribution in [0.1, 0.15) is 37.7 Å². The first-order chi connectivity index (χ1) is 11.6. The van der Waals surface area contributed by atoms with Crippen LogP contribution in [-0.2, 0) is 10.0 Å². The summed E-state index contributed by atoms with van der Waals surface area (Å²) in [6.45, 7) is 0. The van der Waals surface area contributed by atoms with E-state index in [0.29, 0.717) is 11.9 Å². The number of hydrogen-bond donors (Lipinski definition) is 2. The SMILES string of the molecule is O=S(=O)(NC(=[NH+]C1CCCCC1)c1ccccc1)c1ccccc1. The molecule has 0 atom stereocenters. The Kier molecular flexibility index (Phi) is 5.30. The highest BCUT2D eigenvalue weighted by Crippen LogP contribution is 2.14. The standard InChI is InChI=1S/C19H22N2O2S/c22-24(23,18-14-8-3-9-15-18)21-19(16-10-4-1-5-11-16)20-17-12-6-2-7-13-17/h1,3-5,8-11,14-15,17H,2,6-7,12-13H2,(H,20,21)/p+1. The van der Waals surface area contributed by atoms with E-state index in [1.165, 1.54) is 19.3 Å². The van der Waals surface area contributed by atoms with Gasteiger partial charge >= 0.3 is 10.0 Å². The Labute approximate surface area is 143 Å². The molecule has 0 radical (unpaired) electrons. The van der Waals surface area contributed by atoms with Gasteiger partial charge in [-0.1, -0.05) is 42.8 Å². The average molecular weight is 343 g/mol. The van der Waals surface area contributed by atoms with Gasteiger partial charge in [-0.05, 0) is 49.9 Å². The Morgan fingerprint density at radius 2 is 1.46 bits per heavy atom. The minimum atomic E-state index is -3.61. The third kappa shape index (κ3) is 4.23. The second kappa shape index (κ2) is 7.62. The van der Waals surface area contributed by atoms with Crippen LogP contribution in [0.5, 0.6) is 0 Å². The molecule has 0 heterocycles. The zero-order chi connectivity index (χ0) is 16.8. The van der Waals surface area contributed by atoms with Gasteiger partial charge in [-0.15, -0.1) is 0 Å². The summed E-state index contributed by atoms with van der Waals surface area (Å²) in [6, 6.07) is 18.4. The maximum absolute atomic E-state index is 12.7. The smallest absolute Gasteiger partial charge is 0.271 e. The van der Waals surface area contributed by atoms with E-state index < -0.39 is 10.0 Å². The zero-order valence-electron chi connectivity index (χ0n) is 13.6. The molecule has 1 aliphatic rings. The first-order valence-corrected chi connectivity index (χ1v) is 9.90. The Balaban J connectivity index is 1.92. The van der Waals surface area contributed by atoms with Crippen molar-refractivity contribution in [3.8, 4) is 0 Å². The summed E-state index contributed by atoms with van der Waals surface area (Å²) in [5.41, 5.74) is 0.850. The Morgan fingerprint density at radius 1 is 0.875 bits per heavy atom. The molecule has 0 amide bonds. The number of hydrogen-bond acceptors (Lipinski definition) is 2. The summed E-state index contributed by atoms with van der Waals surface area (Å²) in [5, 5.41) is 0. The molecular formula is C19H23N2O2S+. The summed E-state index contributed by atoms with van der Waals surface area (Å²) >= 11 is 0. The Hall–Kier alpha value is -2.14. The van der Waals surface area contributed by atoms with E-state index in [1.807, 2.05) is 30.3 Å². The van der Waals surface area contributed by atoms with Crippen molar-refractivity contribution in [1.29, 1.82) is 0 Å². The van der Waals surface area contributed by atoms with E-state index in [1.54, 1.807) is 30.3 Å². The summed E-state index contributed by atoms with van der Waals surface area (Å²) in [4.78, 5) is 3.69. The highest BCUT2D eigenvalue weighted by Gasteiger charge is 2.25. The topological polar surface area (TPSA) is 60.1 Å². The molecule has 3 rings (SSSR count). The largest absolute Gasteiger partial charge is 0.328 e. The van der Waals surface area contributed by atoms with Crippen molar-refractivity contribution in [3.63, 3.8) is 0 Å². The number of sulfonamides is 1. The zero-order valence-corrected chi connectivity index (χ0v) is 14.4. The van der Waals surface area contributed by atoms with E-state index in [4.69, 9.17) is 0 Å².